The third kappa shape index (κ3) is 3.20. The van der Waals surface area contributed by atoms with Crippen LogP contribution in [-0.2, 0) is 24.8 Å². The maximum absolute atomic E-state index is 14.7. The molecule has 2 aliphatic heterocycles. The van der Waals surface area contributed by atoms with E-state index in [2.05, 4.69) is 5.32 Å². The number of nitrogens with zero attached hydrogens (tertiary/aromatic N) is 1. The number of nitrogens with one attached hydrogen (secondary N) is 1. The fourth-order valence-electron chi connectivity index (χ4n) is 3.24. The molecule has 2 atom stereocenters. The van der Waals surface area contributed by atoms with Crippen LogP contribution in [0.15, 0.2) is 18.2 Å². The standard InChI is InChI=1S/C16H20FN3O5S/c1-16(14(18)21,13-9-19-15(22)25-13)10-2-3-12(11(17)8-10)20-4-6-26(23,24)7-5-20/h2-3,8,13H,4-7,9H2,1H3,(H2,18,21)(H,19,22). The normalized spacial score (nSPS) is 24.5. The summed E-state index contributed by atoms with van der Waals surface area (Å²) in [5.74, 6) is -1.39. The molecule has 142 valence electrons. The van der Waals surface area contributed by atoms with Gasteiger partial charge in [-0.3, -0.25) is 4.79 Å². The number of halogens is 1. The number of hydrogen-bond acceptors (Lipinski definition) is 6. The monoisotopic (exact) mass is 385 g/mol. The number of amides is 2. The molecule has 0 bridgehead atoms. The molecule has 0 spiro atoms. The summed E-state index contributed by atoms with van der Waals surface area (Å²) in [4.78, 5) is 25.1. The van der Waals surface area contributed by atoms with E-state index < -0.39 is 39.2 Å². The van der Waals surface area contributed by atoms with Crippen LogP contribution in [0.3, 0.4) is 0 Å². The van der Waals surface area contributed by atoms with Gasteiger partial charge in [-0.25, -0.2) is 17.6 Å². The highest BCUT2D eigenvalue weighted by molar-refractivity contribution is 7.91. The summed E-state index contributed by atoms with van der Waals surface area (Å²) in [6.45, 7) is 2.00. The summed E-state index contributed by atoms with van der Waals surface area (Å²) >= 11 is 0. The Kier molecular flexibility index (Phi) is 4.55. The quantitative estimate of drug-likeness (QED) is 0.748. The van der Waals surface area contributed by atoms with E-state index in [1.54, 1.807) is 11.0 Å². The van der Waals surface area contributed by atoms with Gasteiger partial charge in [0.15, 0.2) is 9.84 Å². The van der Waals surface area contributed by atoms with Crippen molar-refractivity contribution in [2.75, 3.05) is 36.0 Å². The number of sulfone groups is 1. The summed E-state index contributed by atoms with van der Waals surface area (Å²) in [7, 11) is -3.08. The number of carbonyl (C=O) groups excluding carboxylic acids is 2. The highest BCUT2D eigenvalue weighted by Gasteiger charge is 2.47. The first-order valence-electron chi connectivity index (χ1n) is 8.13. The van der Waals surface area contributed by atoms with Crippen molar-refractivity contribution in [2.45, 2.75) is 18.4 Å². The van der Waals surface area contributed by atoms with E-state index in [9.17, 15) is 22.4 Å². The van der Waals surface area contributed by atoms with Gasteiger partial charge in [0.25, 0.3) is 0 Å². The second kappa shape index (κ2) is 6.42. The molecule has 0 aliphatic carbocycles. The highest BCUT2D eigenvalue weighted by atomic mass is 32.2. The fraction of sp³-hybridized carbons (Fsp3) is 0.500. The number of hydrogen-bond donors (Lipinski definition) is 2. The number of cyclic esters (lactones) is 1. The number of benzene rings is 1. The van der Waals surface area contributed by atoms with Crippen molar-refractivity contribution in [3.05, 3.63) is 29.6 Å². The number of nitrogens with two attached hydrogens (primary N) is 1. The molecule has 1 aromatic carbocycles. The van der Waals surface area contributed by atoms with Gasteiger partial charge in [0.05, 0.1) is 23.7 Å². The Labute approximate surface area is 150 Å². The van der Waals surface area contributed by atoms with Crippen LogP contribution in [0, 0.1) is 5.82 Å². The number of primary amides is 1. The van der Waals surface area contributed by atoms with Crippen molar-refractivity contribution in [1.29, 1.82) is 0 Å². The average Bonchev–Trinajstić information content (AvgIpc) is 3.01. The lowest BCUT2D eigenvalue weighted by molar-refractivity contribution is -0.126. The molecule has 2 heterocycles. The third-order valence-electron chi connectivity index (χ3n) is 5.07. The Bertz CT molecular complexity index is 845. The van der Waals surface area contributed by atoms with Gasteiger partial charge in [-0.2, -0.15) is 0 Å². The second-order valence-electron chi connectivity index (χ2n) is 6.65. The summed E-state index contributed by atoms with van der Waals surface area (Å²) in [5.41, 5.74) is 4.68. The van der Waals surface area contributed by atoms with Crippen LogP contribution < -0.4 is 16.0 Å². The minimum atomic E-state index is -3.08. The first-order valence-corrected chi connectivity index (χ1v) is 9.95. The maximum Gasteiger partial charge on any atom is 0.407 e. The molecule has 2 saturated heterocycles. The van der Waals surface area contributed by atoms with Crippen molar-refractivity contribution in [2.24, 2.45) is 5.73 Å². The molecule has 2 aliphatic rings. The molecule has 1 aromatic rings. The molecule has 26 heavy (non-hydrogen) atoms. The Balaban J connectivity index is 1.90. The smallest absolute Gasteiger partial charge is 0.407 e. The first kappa shape index (κ1) is 18.4. The first-order chi connectivity index (χ1) is 12.1. The lowest BCUT2D eigenvalue weighted by Gasteiger charge is -2.32. The molecular formula is C16H20FN3O5S. The fourth-order valence-corrected chi connectivity index (χ4v) is 4.44. The largest absolute Gasteiger partial charge is 0.443 e. The molecule has 0 aromatic heterocycles. The van der Waals surface area contributed by atoms with Gasteiger partial charge in [0.2, 0.25) is 5.91 Å². The SMILES string of the molecule is CC(C(N)=O)(c1ccc(N2CCS(=O)(=O)CC2)c(F)c1)C1CNC(=O)O1. The molecule has 2 amide bonds. The minimum Gasteiger partial charge on any atom is -0.443 e. The Hall–Kier alpha value is -2.36. The van der Waals surface area contributed by atoms with Crippen LogP contribution in [0.1, 0.15) is 12.5 Å². The molecule has 8 nitrogen and oxygen atoms in total. The van der Waals surface area contributed by atoms with Crippen LogP contribution >= 0.6 is 0 Å². The topological polar surface area (TPSA) is 119 Å². The second-order valence-corrected chi connectivity index (χ2v) is 8.95. The van der Waals surface area contributed by atoms with E-state index in [-0.39, 0.29) is 42.4 Å². The van der Waals surface area contributed by atoms with Gasteiger partial charge < -0.3 is 20.7 Å². The summed E-state index contributed by atoms with van der Waals surface area (Å²) in [5, 5.41) is 2.46. The zero-order valence-corrected chi connectivity index (χ0v) is 15.0. The number of ether oxygens (including phenoxy) is 1. The molecular weight excluding hydrogens is 365 g/mol. The van der Waals surface area contributed by atoms with Gasteiger partial charge in [0.1, 0.15) is 17.3 Å². The van der Waals surface area contributed by atoms with E-state index in [0.717, 1.165) is 0 Å². The van der Waals surface area contributed by atoms with Crippen molar-refractivity contribution >= 4 is 27.5 Å². The van der Waals surface area contributed by atoms with Crippen LogP contribution in [0.25, 0.3) is 0 Å². The zero-order chi connectivity index (χ0) is 19.1. The van der Waals surface area contributed by atoms with Crippen molar-refractivity contribution < 1.29 is 27.1 Å². The van der Waals surface area contributed by atoms with E-state index in [4.69, 9.17) is 10.5 Å². The van der Waals surface area contributed by atoms with Gasteiger partial charge in [-0.1, -0.05) is 6.07 Å². The number of rotatable bonds is 4. The number of carbonyl (C=O) groups is 2. The highest BCUT2D eigenvalue weighted by Crippen LogP contribution is 2.34. The molecule has 10 heteroatoms. The van der Waals surface area contributed by atoms with E-state index in [1.165, 1.54) is 19.1 Å². The number of anilines is 1. The van der Waals surface area contributed by atoms with Crippen molar-refractivity contribution in [1.82, 2.24) is 5.32 Å². The molecule has 0 radical (unpaired) electrons. The molecule has 3 N–H and O–H groups in total. The molecule has 0 saturated carbocycles. The van der Waals surface area contributed by atoms with E-state index in [0.29, 0.717) is 0 Å². The Morgan fingerprint density at radius 3 is 2.54 bits per heavy atom. The maximum atomic E-state index is 14.7. The molecule has 3 rings (SSSR count). The predicted molar refractivity (Wildman–Crippen MR) is 92.1 cm³/mol. The van der Waals surface area contributed by atoms with E-state index in [1.807, 2.05) is 0 Å². The zero-order valence-electron chi connectivity index (χ0n) is 14.2. The van der Waals surface area contributed by atoms with Crippen LogP contribution in [-0.4, -0.2) is 57.7 Å². The summed E-state index contributed by atoms with van der Waals surface area (Å²) < 4.78 is 42.9. The van der Waals surface area contributed by atoms with Gasteiger partial charge >= 0.3 is 6.09 Å². The van der Waals surface area contributed by atoms with Gasteiger partial charge in [0, 0.05) is 13.1 Å². The molecule has 2 unspecified atom stereocenters. The summed E-state index contributed by atoms with van der Waals surface area (Å²) in [6, 6.07) is 4.24. The lowest BCUT2D eigenvalue weighted by atomic mass is 9.76. The van der Waals surface area contributed by atoms with Crippen LogP contribution in [0.4, 0.5) is 14.9 Å². The van der Waals surface area contributed by atoms with Gasteiger partial charge in [-0.05, 0) is 24.6 Å². The molecule has 2 fully saturated rings. The Morgan fingerprint density at radius 1 is 1.38 bits per heavy atom. The minimum absolute atomic E-state index is 0.0309. The van der Waals surface area contributed by atoms with Crippen LogP contribution in [0.2, 0.25) is 0 Å². The Morgan fingerprint density at radius 2 is 2.04 bits per heavy atom. The van der Waals surface area contributed by atoms with E-state index >= 15 is 0 Å². The average molecular weight is 385 g/mol. The van der Waals surface area contributed by atoms with Gasteiger partial charge in [-0.15, -0.1) is 0 Å². The predicted octanol–water partition coefficient (Wildman–Crippen LogP) is -0.0881. The van der Waals surface area contributed by atoms with Crippen molar-refractivity contribution in [3.63, 3.8) is 0 Å². The summed E-state index contributed by atoms with van der Waals surface area (Å²) in [6.07, 6.45) is -1.51. The third-order valence-corrected chi connectivity index (χ3v) is 6.68. The number of alkyl carbamates (subject to hydrolysis) is 1. The van der Waals surface area contributed by atoms with Crippen molar-refractivity contribution in [3.8, 4) is 0 Å². The van der Waals surface area contributed by atoms with Crippen LogP contribution in [0.5, 0.6) is 0 Å². The lowest BCUT2D eigenvalue weighted by Crippen LogP contribution is -2.49.